The summed E-state index contributed by atoms with van der Waals surface area (Å²) >= 11 is 0. The van der Waals surface area contributed by atoms with Crippen molar-refractivity contribution in [3.05, 3.63) is 35.9 Å². The van der Waals surface area contributed by atoms with Crippen molar-refractivity contribution in [1.29, 1.82) is 0 Å². The third kappa shape index (κ3) is 6.51. The molecular weight excluding hydrogens is 246 g/mol. The first-order valence-corrected chi connectivity index (χ1v) is 7.71. The molecule has 1 aromatic carbocycles. The van der Waals surface area contributed by atoms with Crippen molar-refractivity contribution in [2.45, 2.75) is 38.8 Å². The van der Waals surface area contributed by atoms with E-state index in [2.05, 4.69) is 68.1 Å². The molecule has 3 nitrogen and oxygen atoms in total. The van der Waals surface area contributed by atoms with Crippen molar-refractivity contribution in [2.75, 3.05) is 33.7 Å². The maximum absolute atomic E-state index is 6.31. The molecule has 0 spiro atoms. The van der Waals surface area contributed by atoms with E-state index in [4.69, 9.17) is 5.73 Å². The molecule has 0 fully saturated rings. The van der Waals surface area contributed by atoms with Gasteiger partial charge in [0, 0.05) is 25.2 Å². The molecule has 0 saturated heterocycles. The zero-order chi connectivity index (χ0) is 15.0. The molecule has 0 radical (unpaired) electrons. The number of likely N-dealkylation sites (N-methyl/N-ethyl adjacent to an activating group) is 2. The van der Waals surface area contributed by atoms with Crippen molar-refractivity contribution in [3.63, 3.8) is 0 Å². The average molecular weight is 277 g/mol. The van der Waals surface area contributed by atoms with Gasteiger partial charge in [0.05, 0.1) is 0 Å². The van der Waals surface area contributed by atoms with E-state index in [0.717, 1.165) is 32.5 Å². The van der Waals surface area contributed by atoms with Crippen LogP contribution in [0, 0.1) is 0 Å². The Morgan fingerprint density at radius 3 is 2.30 bits per heavy atom. The van der Waals surface area contributed by atoms with Gasteiger partial charge in [0.25, 0.3) is 0 Å². The van der Waals surface area contributed by atoms with Crippen molar-refractivity contribution in [3.8, 4) is 0 Å². The Hall–Kier alpha value is -0.900. The molecule has 2 atom stereocenters. The lowest BCUT2D eigenvalue weighted by molar-refractivity contribution is 0.170. The average Bonchev–Trinajstić information content (AvgIpc) is 2.42. The fourth-order valence-electron chi connectivity index (χ4n) is 2.65. The number of nitrogens with zero attached hydrogens (tertiary/aromatic N) is 2. The van der Waals surface area contributed by atoms with Gasteiger partial charge >= 0.3 is 0 Å². The lowest BCUT2D eigenvalue weighted by atomic mass is 10.0. The Kier molecular flexibility index (Phi) is 7.82. The van der Waals surface area contributed by atoms with Gasteiger partial charge in [0.1, 0.15) is 0 Å². The van der Waals surface area contributed by atoms with E-state index in [0.29, 0.717) is 6.04 Å². The van der Waals surface area contributed by atoms with Crippen LogP contribution < -0.4 is 5.73 Å². The summed E-state index contributed by atoms with van der Waals surface area (Å²) in [5.74, 6) is 0. The Balaban J connectivity index is 2.37. The molecule has 1 aromatic rings. The molecule has 3 heteroatoms. The van der Waals surface area contributed by atoms with E-state index in [-0.39, 0.29) is 6.04 Å². The lowest BCUT2D eigenvalue weighted by Crippen LogP contribution is -2.46. The minimum atomic E-state index is 0.250. The number of aryl methyl sites for hydroxylation is 1. The molecule has 0 aliphatic rings. The second-order valence-corrected chi connectivity index (χ2v) is 5.98. The second kappa shape index (κ2) is 9.11. The Morgan fingerprint density at radius 1 is 1.10 bits per heavy atom. The zero-order valence-corrected chi connectivity index (χ0v) is 13.5. The topological polar surface area (TPSA) is 32.5 Å². The normalized spacial score (nSPS) is 14.8. The van der Waals surface area contributed by atoms with Crippen LogP contribution in [0.5, 0.6) is 0 Å². The number of rotatable bonds is 9. The predicted octanol–water partition coefficient (Wildman–Crippen LogP) is 2.22. The molecule has 0 amide bonds. The highest BCUT2D eigenvalue weighted by Gasteiger charge is 2.15. The largest absolute Gasteiger partial charge is 0.327 e. The second-order valence-electron chi connectivity index (χ2n) is 5.98. The van der Waals surface area contributed by atoms with Gasteiger partial charge in [0.2, 0.25) is 0 Å². The molecular formula is C17H31N3. The van der Waals surface area contributed by atoms with E-state index in [1.807, 2.05) is 0 Å². The molecule has 1 rings (SSSR count). The molecule has 0 aromatic heterocycles. The quantitative estimate of drug-likeness (QED) is 0.751. The summed E-state index contributed by atoms with van der Waals surface area (Å²) in [5, 5.41) is 0. The molecule has 0 saturated carbocycles. The Bertz CT molecular complexity index is 351. The number of hydrogen-bond donors (Lipinski definition) is 1. The summed E-state index contributed by atoms with van der Waals surface area (Å²) in [6.07, 6.45) is 2.12. The van der Waals surface area contributed by atoms with Crippen LogP contribution in [0.4, 0.5) is 0 Å². The lowest BCUT2D eigenvalue weighted by Gasteiger charge is -2.32. The van der Waals surface area contributed by atoms with Crippen molar-refractivity contribution in [2.24, 2.45) is 5.73 Å². The van der Waals surface area contributed by atoms with Crippen LogP contribution >= 0.6 is 0 Å². The number of benzene rings is 1. The van der Waals surface area contributed by atoms with Crippen molar-refractivity contribution in [1.82, 2.24) is 9.80 Å². The maximum atomic E-state index is 6.31. The van der Waals surface area contributed by atoms with Crippen molar-refractivity contribution < 1.29 is 0 Å². The third-order valence-electron chi connectivity index (χ3n) is 3.77. The standard InChI is InChI=1S/C17H31N3/c1-5-20(15(2)13-19(3)4)14-17(18)12-11-16-9-7-6-8-10-16/h6-10,15,17H,5,11-14,18H2,1-4H3. The van der Waals surface area contributed by atoms with Gasteiger partial charge in [-0.25, -0.2) is 0 Å². The number of hydrogen-bond acceptors (Lipinski definition) is 3. The summed E-state index contributed by atoms with van der Waals surface area (Å²) in [7, 11) is 4.25. The van der Waals surface area contributed by atoms with Crippen LogP contribution in [0.3, 0.4) is 0 Å². The van der Waals surface area contributed by atoms with Crippen LogP contribution in [0.2, 0.25) is 0 Å². The molecule has 0 bridgehead atoms. The molecule has 114 valence electrons. The fraction of sp³-hybridized carbons (Fsp3) is 0.647. The Morgan fingerprint density at radius 2 is 1.75 bits per heavy atom. The monoisotopic (exact) mass is 277 g/mol. The molecule has 0 aliphatic heterocycles. The highest BCUT2D eigenvalue weighted by atomic mass is 15.2. The van der Waals surface area contributed by atoms with Gasteiger partial charge in [-0.2, -0.15) is 0 Å². The van der Waals surface area contributed by atoms with Gasteiger partial charge < -0.3 is 10.6 Å². The minimum absolute atomic E-state index is 0.250. The Labute approximate surface area is 124 Å². The summed E-state index contributed by atoms with van der Waals surface area (Å²) < 4.78 is 0. The van der Waals surface area contributed by atoms with Crippen LogP contribution in [-0.4, -0.2) is 55.6 Å². The molecule has 2 unspecified atom stereocenters. The molecule has 20 heavy (non-hydrogen) atoms. The van der Waals surface area contributed by atoms with E-state index >= 15 is 0 Å². The van der Waals surface area contributed by atoms with Crippen LogP contribution in [0.25, 0.3) is 0 Å². The fourth-order valence-corrected chi connectivity index (χ4v) is 2.65. The zero-order valence-electron chi connectivity index (χ0n) is 13.5. The number of nitrogens with two attached hydrogens (primary N) is 1. The predicted molar refractivity (Wildman–Crippen MR) is 88.0 cm³/mol. The van der Waals surface area contributed by atoms with Crippen molar-refractivity contribution >= 4 is 0 Å². The van der Waals surface area contributed by atoms with E-state index in [9.17, 15) is 0 Å². The maximum Gasteiger partial charge on any atom is 0.0195 e. The first-order chi connectivity index (χ1) is 9.52. The SMILES string of the molecule is CCN(CC(N)CCc1ccccc1)C(C)CN(C)C. The van der Waals surface area contributed by atoms with Gasteiger partial charge in [-0.15, -0.1) is 0 Å². The van der Waals surface area contributed by atoms with Gasteiger partial charge in [-0.05, 0) is 46.0 Å². The highest BCUT2D eigenvalue weighted by Crippen LogP contribution is 2.07. The highest BCUT2D eigenvalue weighted by molar-refractivity contribution is 5.14. The van der Waals surface area contributed by atoms with Crippen LogP contribution in [-0.2, 0) is 6.42 Å². The van der Waals surface area contributed by atoms with Gasteiger partial charge in [-0.3, -0.25) is 4.90 Å². The third-order valence-corrected chi connectivity index (χ3v) is 3.77. The molecule has 0 heterocycles. The van der Waals surface area contributed by atoms with E-state index in [1.165, 1.54) is 5.56 Å². The van der Waals surface area contributed by atoms with E-state index < -0.39 is 0 Å². The summed E-state index contributed by atoms with van der Waals surface area (Å²) in [5.41, 5.74) is 7.69. The minimum Gasteiger partial charge on any atom is -0.327 e. The first-order valence-electron chi connectivity index (χ1n) is 7.71. The summed E-state index contributed by atoms with van der Waals surface area (Å²) in [6, 6.07) is 11.4. The smallest absolute Gasteiger partial charge is 0.0195 e. The molecule has 2 N–H and O–H groups in total. The first kappa shape index (κ1) is 17.2. The van der Waals surface area contributed by atoms with Crippen LogP contribution in [0.1, 0.15) is 25.8 Å². The summed E-state index contributed by atoms with van der Waals surface area (Å²) in [6.45, 7) is 7.63. The van der Waals surface area contributed by atoms with Crippen LogP contribution in [0.15, 0.2) is 30.3 Å². The van der Waals surface area contributed by atoms with Gasteiger partial charge in [-0.1, -0.05) is 37.3 Å². The van der Waals surface area contributed by atoms with Gasteiger partial charge in [0.15, 0.2) is 0 Å². The van der Waals surface area contributed by atoms with E-state index in [1.54, 1.807) is 0 Å². The summed E-state index contributed by atoms with van der Waals surface area (Å²) in [4.78, 5) is 4.72. The molecule has 0 aliphatic carbocycles.